The second kappa shape index (κ2) is 7.73. The summed E-state index contributed by atoms with van der Waals surface area (Å²) in [5, 5.41) is 41.8. The average molecular weight is 436 g/mol. The maximum atomic E-state index is 11.4. The van der Waals surface area contributed by atoms with Gasteiger partial charge in [0.1, 0.15) is 6.07 Å². The molecule has 0 spiro atoms. The number of halogens is 1. The van der Waals surface area contributed by atoms with Crippen LogP contribution in [0, 0.1) is 66.8 Å². The van der Waals surface area contributed by atoms with E-state index in [0.717, 1.165) is 6.42 Å². The van der Waals surface area contributed by atoms with Crippen LogP contribution in [0.25, 0.3) is 0 Å². The standard InChI is InChI=1S/C23H22ClN5O2/c1-22(2,3)13-4-6-15-16(8-13)20(17-9-14(29(30)31)5-7-19(17)24)23(11-26,12-27)21(28)18(15)10-25/h5-7,9,13,16,20H,4,8,28H2,1-3H3/t13?,16-,20-/m0/s1. The van der Waals surface area contributed by atoms with Gasteiger partial charge in [-0.15, -0.1) is 0 Å². The highest BCUT2D eigenvalue weighted by Gasteiger charge is 2.55. The van der Waals surface area contributed by atoms with Gasteiger partial charge in [-0.1, -0.05) is 38.4 Å². The highest BCUT2D eigenvalue weighted by molar-refractivity contribution is 6.31. The maximum absolute atomic E-state index is 11.4. The van der Waals surface area contributed by atoms with Crippen LogP contribution >= 0.6 is 11.6 Å². The topological polar surface area (TPSA) is 141 Å². The first-order chi connectivity index (χ1) is 14.5. The van der Waals surface area contributed by atoms with Gasteiger partial charge in [-0.3, -0.25) is 10.1 Å². The molecule has 0 aliphatic heterocycles. The second-order valence-electron chi connectivity index (χ2n) is 9.17. The molecular weight excluding hydrogens is 414 g/mol. The third-order valence-electron chi connectivity index (χ3n) is 6.63. The number of hydrogen-bond donors (Lipinski definition) is 1. The van der Waals surface area contributed by atoms with Crippen molar-refractivity contribution in [3.63, 3.8) is 0 Å². The van der Waals surface area contributed by atoms with Crippen molar-refractivity contribution in [1.29, 1.82) is 15.8 Å². The largest absolute Gasteiger partial charge is 0.399 e. The SMILES string of the molecule is CC(C)(C)C1CC=C2C(C#N)=C(N)C(C#N)(C#N)[C@H](c3cc([N+](=O)[O-])ccc3Cl)[C@H]2C1. The lowest BCUT2D eigenvalue weighted by molar-refractivity contribution is -0.384. The van der Waals surface area contributed by atoms with E-state index >= 15 is 0 Å². The van der Waals surface area contributed by atoms with Gasteiger partial charge < -0.3 is 5.73 Å². The van der Waals surface area contributed by atoms with Gasteiger partial charge in [-0.05, 0) is 47.3 Å². The molecule has 1 aromatic carbocycles. The number of rotatable bonds is 2. The van der Waals surface area contributed by atoms with E-state index in [-0.39, 0.29) is 33.3 Å². The first-order valence-electron chi connectivity index (χ1n) is 9.88. The Bertz CT molecular complexity index is 1130. The first-order valence-corrected chi connectivity index (χ1v) is 10.3. The average Bonchev–Trinajstić information content (AvgIpc) is 2.72. The van der Waals surface area contributed by atoms with Gasteiger partial charge >= 0.3 is 0 Å². The molecule has 2 aliphatic carbocycles. The zero-order chi connectivity index (χ0) is 23.1. The van der Waals surface area contributed by atoms with Crippen molar-refractivity contribution < 1.29 is 4.92 Å². The van der Waals surface area contributed by atoms with Crippen LogP contribution in [0.5, 0.6) is 0 Å². The summed E-state index contributed by atoms with van der Waals surface area (Å²) in [6.07, 6.45) is 3.30. The Morgan fingerprint density at radius 2 is 1.90 bits per heavy atom. The number of nitrogens with two attached hydrogens (primary N) is 1. The van der Waals surface area contributed by atoms with Crippen LogP contribution < -0.4 is 5.73 Å². The van der Waals surface area contributed by atoms with Crippen LogP contribution in [-0.2, 0) is 0 Å². The van der Waals surface area contributed by atoms with Crippen LogP contribution in [0.4, 0.5) is 5.69 Å². The Morgan fingerprint density at radius 1 is 1.26 bits per heavy atom. The number of nitrogens with zero attached hydrogens (tertiary/aromatic N) is 4. The van der Waals surface area contributed by atoms with Crippen LogP contribution in [-0.4, -0.2) is 4.92 Å². The van der Waals surface area contributed by atoms with Crippen LogP contribution in [0.3, 0.4) is 0 Å². The molecule has 0 heterocycles. The lowest BCUT2D eigenvalue weighted by Crippen LogP contribution is -2.44. The molecule has 2 aliphatic rings. The van der Waals surface area contributed by atoms with E-state index in [0.29, 0.717) is 17.6 Å². The molecule has 0 amide bonds. The summed E-state index contributed by atoms with van der Waals surface area (Å²) in [5.74, 6) is -1.03. The van der Waals surface area contributed by atoms with Gasteiger partial charge in [-0.25, -0.2) is 0 Å². The van der Waals surface area contributed by atoms with Crippen molar-refractivity contribution in [2.24, 2.45) is 28.4 Å². The van der Waals surface area contributed by atoms with Crippen molar-refractivity contribution in [1.82, 2.24) is 0 Å². The minimum Gasteiger partial charge on any atom is -0.399 e. The smallest absolute Gasteiger partial charge is 0.269 e. The number of fused-ring (bicyclic) bond motifs is 1. The Kier molecular flexibility index (Phi) is 5.57. The molecule has 0 saturated heterocycles. The molecule has 8 heteroatoms. The highest BCUT2D eigenvalue weighted by atomic mass is 35.5. The summed E-state index contributed by atoms with van der Waals surface area (Å²) in [5.41, 5.74) is 5.22. The predicted octanol–water partition coefficient (Wildman–Crippen LogP) is 5.11. The number of non-ortho nitro benzene ring substituents is 1. The van der Waals surface area contributed by atoms with Crippen LogP contribution in [0.2, 0.25) is 5.02 Å². The van der Waals surface area contributed by atoms with Gasteiger partial charge in [0.05, 0.1) is 28.3 Å². The Morgan fingerprint density at radius 3 is 2.42 bits per heavy atom. The van der Waals surface area contributed by atoms with Crippen molar-refractivity contribution in [3.8, 4) is 18.2 Å². The summed E-state index contributed by atoms with van der Waals surface area (Å²) >= 11 is 6.47. The van der Waals surface area contributed by atoms with Crippen molar-refractivity contribution in [2.75, 3.05) is 0 Å². The molecule has 0 bridgehead atoms. The molecule has 2 N–H and O–H groups in total. The molecule has 1 unspecified atom stereocenters. The van der Waals surface area contributed by atoms with E-state index in [1.54, 1.807) is 0 Å². The number of benzene rings is 1. The Labute approximate surface area is 186 Å². The van der Waals surface area contributed by atoms with E-state index in [4.69, 9.17) is 17.3 Å². The number of nitro groups is 1. The lowest BCUT2D eigenvalue weighted by atomic mass is 9.54. The maximum Gasteiger partial charge on any atom is 0.269 e. The normalized spacial score (nSPS) is 24.8. The summed E-state index contributed by atoms with van der Waals surface area (Å²) in [7, 11) is 0. The van der Waals surface area contributed by atoms with E-state index in [2.05, 4.69) is 26.8 Å². The minimum atomic E-state index is -1.87. The van der Waals surface area contributed by atoms with E-state index < -0.39 is 22.2 Å². The fourth-order valence-corrected chi connectivity index (χ4v) is 5.06. The fraction of sp³-hybridized carbons (Fsp3) is 0.435. The third-order valence-corrected chi connectivity index (χ3v) is 6.97. The zero-order valence-corrected chi connectivity index (χ0v) is 18.3. The molecule has 31 heavy (non-hydrogen) atoms. The lowest BCUT2D eigenvalue weighted by Gasteiger charge is -2.47. The van der Waals surface area contributed by atoms with Gasteiger partial charge in [0.15, 0.2) is 5.41 Å². The van der Waals surface area contributed by atoms with Gasteiger partial charge in [0.2, 0.25) is 0 Å². The highest BCUT2D eigenvalue weighted by Crippen LogP contribution is 2.59. The van der Waals surface area contributed by atoms with Crippen molar-refractivity contribution in [2.45, 2.75) is 39.5 Å². The number of hydrogen-bond acceptors (Lipinski definition) is 6. The quantitative estimate of drug-likeness (QED) is 0.505. The molecule has 158 valence electrons. The van der Waals surface area contributed by atoms with E-state index in [9.17, 15) is 25.9 Å². The molecule has 7 nitrogen and oxygen atoms in total. The Balaban J connectivity index is 2.37. The zero-order valence-electron chi connectivity index (χ0n) is 17.5. The molecule has 0 saturated carbocycles. The predicted molar refractivity (Wildman–Crippen MR) is 115 cm³/mol. The minimum absolute atomic E-state index is 0.0550. The molecule has 0 radical (unpaired) electrons. The number of nitriles is 3. The first kappa shape index (κ1) is 22.3. The Hall–Kier alpha value is -3.34. The number of nitro benzene ring substituents is 1. The van der Waals surface area contributed by atoms with E-state index in [1.807, 2.05) is 18.2 Å². The van der Waals surface area contributed by atoms with E-state index in [1.165, 1.54) is 18.2 Å². The van der Waals surface area contributed by atoms with Crippen LogP contribution in [0.15, 0.2) is 41.1 Å². The second-order valence-corrected chi connectivity index (χ2v) is 9.58. The molecule has 1 aromatic rings. The molecule has 3 rings (SSSR count). The van der Waals surface area contributed by atoms with Gasteiger partial charge in [0, 0.05) is 23.1 Å². The summed E-state index contributed by atoms with van der Waals surface area (Å²) < 4.78 is 0. The molecular formula is C23H22ClN5O2. The monoisotopic (exact) mass is 435 g/mol. The molecule has 0 aromatic heterocycles. The van der Waals surface area contributed by atoms with Crippen molar-refractivity contribution >= 4 is 17.3 Å². The van der Waals surface area contributed by atoms with Gasteiger partial charge in [-0.2, -0.15) is 15.8 Å². The fourth-order valence-electron chi connectivity index (χ4n) is 4.82. The van der Waals surface area contributed by atoms with Crippen LogP contribution in [0.1, 0.15) is 45.1 Å². The summed E-state index contributed by atoms with van der Waals surface area (Å²) in [6.45, 7) is 6.35. The third kappa shape index (κ3) is 3.44. The molecule has 0 fully saturated rings. The number of allylic oxidation sites excluding steroid dienone is 4. The summed E-state index contributed by atoms with van der Waals surface area (Å²) in [4.78, 5) is 10.9. The summed E-state index contributed by atoms with van der Waals surface area (Å²) in [6, 6.07) is 10.2. The van der Waals surface area contributed by atoms with Gasteiger partial charge in [0.25, 0.3) is 5.69 Å². The molecule has 3 atom stereocenters. The van der Waals surface area contributed by atoms with Crippen molar-refractivity contribution in [3.05, 3.63) is 61.8 Å².